The summed E-state index contributed by atoms with van der Waals surface area (Å²) in [4.78, 5) is 27.7. The quantitative estimate of drug-likeness (QED) is 0.462. The average Bonchev–Trinajstić information content (AvgIpc) is 2.80. The molecular weight excluding hydrogens is 454 g/mol. The lowest BCUT2D eigenvalue weighted by Crippen LogP contribution is -2.51. The van der Waals surface area contributed by atoms with Crippen LogP contribution in [0.25, 0.3) is 0 Å². The zero-order valence-electron chi connectivity index (χ0n) is 20.6. The number of aryl methyl sites for hydroxylation is 1. The second-order valence-electron chi connectivity index (χ2n) is 8.30. The molecule has 9 heteroatoms. The Morgan fingerprint density at radius 3 is 2.38 bits per heavy atom. The number of anilines is 1. The Hall–Kier alpha value is -3.07. The second-order valence-corrected chi connectivity index (χ2v) is 10.2. The summed E-state index contributed by atoms with van der Waals surface area (Å²) >= 11 is 0. The topological polar surface area (TPSA) is 96.0 Å². The van der Waals surface area contributed by atoms with Gasteiger partial charge in [0.2, 0.25) is 21.8 Å². The summed E-state index contributed by atoms with van der Waals surface area (Å²) in [7, 11) is -2.30. The van der Waals surface area contributed by atoms with Gasteiger partial charge in [-0.25, -0.2) is 8.42 Å². The maximum atomic E-state index is 13.5. The Bertz CT molecular complexity index is 1070. The Labute approximate surface area is 202 Å². The molecular formula is C25H35N3O5S. The zero-order valence-corrected chi connectivity index (χ0v) is 21.4. The second kappa shape index (κ2) is 12.4. The molecule has 0 unspecified atom stereocenters. The van der Waals surface area contributed by atoms with Crippen LogP contribution >= 0.6 is 0 Å². The normalized spacial score (nSPS) is 12.0. The highest BCUT2D eigenvalue weighted by molar-refractivity contribution is 7.92. The number of hydrogen-bond donors (Lipinski definition) is 1. The van der Waals surface area contributed by atoms with E-state index in [0.717, 1.165) is 34.5 Å². The first-order chi connectivity index (χ1) is 16.1. The first kappa shape index (κ1) is 27.2. The number of nitrogens with one attached hydrogen (secondary N) is 1. The Balaban J connectivity index is 2.35. The highest BCUT2D eigenvalue weighted by Crippen LogP contribution is 2.23. The third-order valence-corrected chi connectivity index (χ3v) is 6.63. The number of unbranched alkanes of at least 4 members (excludes halogenated alkanes) is 1. The van der Waals surface area contributed by atoms with Gasteiger partial charge in [-0.2, -0.15) is 0 Å². The third-order valence-electron chi connectivity index (χ3n) is 5.49. The summed E-state index contributed by atoms with van der Waals surface area (Å²) in [6, 6.07) is 13.4. The summed E-state index contributed by atoms with van der Waals surface area (Å²) in [5.41, 5.74) is 2.23. The molecule has 186 valence electrons. The predicted octanol–water partition coefficient (Wildman–Crippen LogP) is 3.10. The average molecular weight is 490 g/mol. The van der Waals surface area contributed by atoms with E-state index in [-0.39, 0.29) is 12.5 Å². The lowest BCUT2D eigenvalue weighted by molar-refractivity contribution is -0.139. The van der Waals surface area contributed by atoms with Crippen molar-refractivity contribution in [3.05, 3.63) is 59.7 Å². The van der Waals surface area contributed by atoms with Gasteiger partial charge in [-0.15, -0.1) is 0 Å². The molecule has 0 fully saturated rings. The molecule has 8 nitrogen and oxygen atoms in total. The molecule has 2 rings (SSSR count). The van der Waals surface area contributed by atoms with Crippen LogP contribution in [0.2, 0.25) is 0 Å². The van der Waals surface area contributed by atoms with Crippen LogP contribution < -0.4 is 14.4 Å². The van der Waals surface area contributed by atoms with Gasteiger partial charge in [0.1, 0.15) is 18.3 Å². The molecule has 0 spiro atoms. The van der Waals surface area contributed by atoms with Crippen molar-refractivity contribution in [3.8, 4) is 5.75 Å². The van der Waals surface area contributed by atoms with Crippen LogP contribution in [-0.2, 0) is 26.2 Å². The van der Waals surface area contributed by atoms with Gasteiger partial charge in [-0.1, -0.05) is 49.2 Å². The van der Waals surface area contributed by atoms with Crippen molar-refractivity contribution < 1.29 is 22.7 Å². The molecule has 34 heavy (non-hydrogen) atoms. The molecule has 2 aromatic rings. The van der Waals surface area contributed by atoms with E-state index in [9.17, 15) is 18.0 Å². The smallest absolute Gasteiger partial charge is 0.244 e. The van der Waals surface area contributed by atoms with Crippen LogP contribution in [0.4, 0.5) is 5.69 Å². The number of benzene rings is 2. The maximum absolute atomic E-state index is 13.5. The van der Waals surface area contributed by atoms with Crippen molar-refractivity contribution in [2.75, 3.05) is 30.8 Å². The molecule has 1 atom stereocenters. The van der Waals surface area contributed by atoms with Crippen LogP contribution in [0.1, 0.15) is 37.8 Å². The van der Waals surface area contributed by atoms with E-state index < -0.39 is 28.5 Å². The Morgan fingerprint density at radius 1 is 1.12 bits per heavy atom. The summed E-state index contributed by atoms with van der Waals surface area (Å²) in [5, 5.41) is 2.86. The lowest BCUT2D eigenvalue weighted by atomic mass is 10.1. The molecule has 1 N–H and O–H groups in total. The minimum atomic E-state index is -3.78. The van der Waals surface area contributed by atoms with E-state index in [2.05, 4.69) is 5.32 Å². The third kappa shape index (κ3) is 7.76. The van der Waals surface area contributed by atoms with Gasteiger partial charge in [0, 0.05) is 19.2 Å². The highest BCUT2D eigenvalue weighted by Gasteiger charge is 2.30. The van der Waals surface area contributed by atoms with Crippen molar-refractivity contribution in [1.29, 1.82) is 0 Å². The van der Waals surface area contributed by atoms with Gasteiger partial charge in [0.15, 0.2) is 0 Å². The van der Waals surface area contributed by atoms with Gasteiger partial charge in [0.25, 0.3) is 0 Å². The van der Waals surface area contributed by atoms with Crippen molar-refractivity contribution >= 4 is 27.5 Å². The van der Waals surface area contributed by atoms with Crippen LogP contribution in [0.5, 0.6) is 5.75 Å². The lowest BCUT2D eigenvalue weighted by Gasteiger charge is -2.31. The number of carbonyl (C=O) groups excluding carboxylic acids is 2. The zero-order chi connectivity index (χ0) is 25.3. The minimum Gasteiger partial charge on any atom is -0.497 e. The van der Waals surface area contributed by atoms with Crippen molar-refractivity contribution in [2.45, 2.75) is 46.2 Å². The fourth-order valence-corrected chi connectivity index (χ4v) is 4.23. The maximum Gasteiger partial charge on any atom is 0.244 e. The predicted molar refractivity (Wildman–Crippen MR) is 134 cm³/mol. The molecule has 2 aromatic carbocycles. The number of nitrogens with zero attached hydrogens (tertiary/aromatic N) is 2. The Morgan fingerprint density at radius 2 is 1.79 bits per heavy atom. The van der Waals surface area contributed by atoms with Gasteiger partial charge in [0.05, 0.1) is 19.1 Å². The first-order valence-electron chi connectivity index (χ1n) is 11.3. The van der Waals surface area contributed by atoms with Gasteiger partial charge in [-0.3, -0.25) is 13.9 Å². The van der Waals surface area contributed by atoms with Crippen molar-refractivity contribution in [3.63, 3.8) is 0 Å². The molecule has 0 bridgehead atoms. The van der Waals surface area contributed by atoms with E-state index in [0.29, 0.717) is 18.0 Å². The van der Waals surface area contributed by atoms with Gasteiger partial charge >= 0.3 is 0 Å². The number of carbonyl (C=O) groups is 2. The number of sulfonamides is 1. The highest BCUT2D eigenvalue weighted by atomic mass is 32.2. The molecule has 0 aliphatic rings. The molecule has 0 radical (unpaired) electrons. The number of hydrogen-bond acceptors (Lipinski definition) is 5. The number of amides is 2. The molecule has 0 aromatic heterocycles. The fraction of sp³-hybridized carbons (Fsp3) is 0.440. The van der Waals surface area contributed by atoms with Crippen LogP contribution in [0, 0.1) is 6.92 Å². The van der Waals surface area contributed by atoms with Crippen molar-refractivity contribution in [2.24, 2.45) is 0 Å². The molecule has 0 saturated heterocycles. The standard InChI is InChI=1S/C25H35N3O5S/c1-6-7-15-26-25(30)20(3)27(17-21-13-11-19(2)12-14-21)24(29)18-28(34(5,31)32)22-9-8-10-23(16-22)33-4/h8-14,16,20H,6-7,15,17-18H2,1-5H3,(H,26,30)/t20-/m1/s1. The number of ether oxygens (including phenoxy) is 1. The van der Waals surface area contributed by atoms with Crippen LogP contribution in [-0.4, -0.2) is 57.6 Å². The molecule has 0 aliphatic heterocycles. The van der Waals surface area contributed by atoms with Crippen LogP contribution in [0.3, 0.4) is 0 Å². The fourth-order valence-electron chi connectivity index (χ4n) is 3.39. The van der Waals surface area contributed by atoms with E-state index in [1.165, 1.54) is 12.0 Å². The largest absolute Gasteiger partial charge is 0.497 e. The van der Waals surface area contributed by atoms with E-state index >= 15 is 0 Å². The van der Waals surface area contributed by atoms with Crippen LogP contribution in [0.15, 0.2) is 48.5 Å². The SMILES string of the molecule is CCCCNC(=O)[C@@H](C)N(Cc1ccc(C)cc1)C(=O)CN(c1cccc(OC)c1)S(C)(=O)=O. The first-order valence-corrected chi connectivity index (χ1v) is 13.2. The number of rotatable bonds is 12. The molecule has 0 aliphatic carbocycles. The molecule has 0 heterocycles. The molecule has 0 saturated carbocycles. The molecule has 2 amide bonds. The summed E-state index contributed by atoms with van der Waals surface area (Å²) in [5.74, 6) is -0.285. The minimum absolute atomic E-state index is 0.178. The van der Waals surface area contributed by atoms with Gasteiger partial charge < -0.3 is 15.0 Å². The van der Waals surface area contributed by atoms with E-state index in [4.69, 9.17) is 4.74 Å². The van der Waals surface area contributed by atoms with Gasteiger partial charge in [-0.05, 0) is 38.0 Å². The van der Waals surface area contributed by atoms with Crippen molar-refractivity contribution in [1.82, 2.24) is 10.2 Å². The summed E-state index contributed by atoms with van der Waals surface area (Å²) < 4.78 is 31.4. The number of methoxy groups -OCH3 is 1. The van der Waals surface area contributed by atoms with E-state index in [1.807, 2.05) is 38.1 Å². The monoisotopic (exact) mass is 489 g/mol. The summed E-state index contributed by atoms with van der Waals surface area (Å²) in [6.07, 6.45) is 2.82. The summed E-state index contributed by atoms with van der Waals surface area (Å²) in [6.45, 7) is 5.91. The van der Waals surface area contributed by atoms with E-state index in [1.54, 1.807) is 31.2 Å². The Kier molecular flexibility index (Phi) is 9.92.